The summed E-state index contributed by atoms with van der Waals surface area (Å²) in [6, 6.07) is 2.73. The van der Waals surface area contributed by atoms with Gasteiger partial charge in [-0.15, -0.1) is 0 Å². The smallest absolute Gasteiger partial charge is 0.411 e. The fraction of sp³-hybridized carbons (Fsp3) is 0.909. The third kappa shape index (κ3) is 7.37. The van der Waals surface area contributed by atoms with Crippen molar-refractivity contribution < 1.29 is 16.5 Å². The van der Waals surface area contributed by atoms with E-state index >= 15 is 0 Å². The second-order valence-electron chi connectivity index (χ2n) is 9.10. The standard InChI is InChI=1S/2C11H19NS2.Ni/c2*13-11(14)12(9-5-1-2-6-9)10-7-3-4-8-10;/h2*9-10H,1-8H2,(H,13,14);/q;;+2/p-2. The molecule has 0 N–H and O–H groups in total. The molecule has 4 aliphatic carbocycles. The molecule has 4 aliphatic rings. The van der Waals surface area contributed by atoms with Crippen LogP contribution in [-0.2, 0) is 41.7 Å². The van der Waals surface area contributed by atoms with Crippen molar-refractivity contribution in [3.63, 3.8) is 0 Å². The summed E-state index contributed by atoms with van der Waals surface area (Å²) in [6.45, 7) is 0. The van der Waals surface area contributed by atoms with Gasteiger partial charge in [-0.25, -0.2) is 0 Å². The van der Waals surface area contributed by atoms with E-state index in [1.165, 1.54) is 103 Å². The molecule has 168 valence electrons. The van der Waals surface area contributed by atoms with Crippen molar-refractivity contribution in [1.82, 2.24) is 9.80 Å². The van der Waals surface area contributed by atoms with Crippen LogP contribution in [0.1, 0.15) is 103 Å². The minimum atomic E-state index is 0. The molecule has 4 fully saturated rings. The van der Waals surface area contributed by atoms with Gasteiger partial charge in [-0.2, -0.15) is 0 Å². The van der Waals surface area contributed by atoms with Crippen LogP contribution in [0, 0.1) is 0 Å². The minimum absolute atomic E-state index is 0. The van der Waals surface area contributed by atoms with Crippen LogP contribution in [0.3, 0.4) is 0 Å². The minimum Gasteiger partial charge on any atom is -0.411 e. The third-order valence-electron chi connectivity index (χ3n) is 7.29. The Hall–Kier alpha value is 0.714. The van der Waals surface area contributed by atoms with Crippen LogP contribution in [0.15, 0.2) is 0 Å². The van der Waals surface area contributed by atoms with Crippen LogP contribution in [0.2, 0.25) is 0 Å². The molecule has 0 heterocycles. The molecule has 0 atom stereocenters. The maximum Gasteiger partial charge on any atom is 2.00 e. The molecule has 0 spiro atoms. The molecule has 0 unspecified atom stereocenters. The maximum absolute atomic E-state index is 5.23. The van der Waals surface area contributed by atoms with Crippen molar-refractivity contribution >= 4 is 58.3 Å². The van der Waals surface area contributed by atoms with E-state index in [-0.39, 0.29) is 16.5 Å². The first-order valence-electron chi connectivity index (χ1n) is 11.6. The Morgan fingerprint density at radius 1 is 0.483 bits per heavy atom. The quantitative estimate of drug-likeness (QED) is 0.255. The van der Waals surface area contributed by atoms with E-state index in [4.69, 9.17) is 49.7 Å². The molecule has 2 nitrogen and oxygen atoms in total. The molecule has 29 heavy (non-hydrogen) atoms. The number of nitrogens with zero attached hydrogens (tertiary/aromatic N) is 2. The van der Waals surface area contributed by atoms with Gasteiger partial charge in [-0.3, -0.25) is 0 Å². The SMILES string of the molecule is S=C([S-])N(C1CCCC1)C1CCCC1.S=C([S-])N(C1CCCC1)C1CCCC1.[Ni+2]. The number of rotatable bonds is 4. The van der Waals surface area contributed by atoms with Gasteiger partial charge in [0.2, 0.25) is 0 Å². The first-order chi connectivity index (χ1) is 13.6. The Morgan fingerprint density at radius 2 is 0.655 bits per heavy atom. The maximum atomic E-state index is 5.23. The summed E-state index contributed by atoms with van der Waals surface area (Å²) in [5.74, 6) is 0. The van der Waals surface area contributed by atoms with Gasteiger partial charge < -0.3 is 59.5 Å². The second-order valence-corrected chi connectivity index (χ2v) is 11.2. The molecule has 0 aromatic rings. The topological polar surface area (TPSA) is 6.48 Å². The van der Waals surface area contributed by atoms with Crippen molar-refractivity contribution in [3.05, 3.63) is 0 Å². The average Bonchev–Trinajstić information content (AvgIpc) is 3.46. The number of hydrogen-bond donors (Lipinski definition) is 0. The predicted octanol–water partition coefficient (Wildman–Crippen LogP) is 6.01. The second kappa shape index (κ2) is 13.3. The Balaban J connectivity index is 0.000000200. The predicted molar refractivity (Wildman–Crippen MR) is 133 cm³/mol. The van der Waals surface area contributed by atoms with Crippen molar-refractivity contribution in [2.75, 3.05) is 0 Å². The molecule has 0 aliphatic heterocycles. The monoisotopic (exact) mass is 514 g/mol. The first kappa shape index (κ1) is 26.0. The van der Waals surface area contributed by atoms with Crippen molar-refractivity contribution in [1.29, 1.82) is 0 Å². The van der Waals surface area contributed by atoms with Crippen LogP contribution >= 0.6 is 24.4 Å². The first-order valence-corrected chi connectivity index (χ1v) is 13.2. The molecule has 4 saturated carbocycles. The van der Waals surface area contributed by atoms with E-state index < -0.39 is 0 Å². The molecule has 0 aromatic heterocycles. The van der Waals surface area contributed by atoms with E-state index in [2.05, 4.69) is 9.80 Å². The van der Waals surface area contributed by atoms with E-state index in [9.17, 15) is 0 Å². The van der Waals surface area contributed by atoms with Gasteiger partial charge in [0.1, 0.15) is 0 Å². The zero-order chi connectivity index (χ0) is 19.9. The Labute approximate surface area is 210 Å². The zero-order valence-corrected chi connectivity index (χ0v) is 21.7. The summed E-state index contributed by atoms with van der Waals surface area (Å²) in [5, 5.41) is 0. The van der Waals surface area contributed by atoms with Gasteiger partial charge in [-0.1, -0.05) is 60.0 Å². The van der Waals surface area contributed by atoms with E-state index in [0.717, 1.165) is 8.64 Å². The van der Waals surface area contributed by atoms with Gasteiger partial charge in [0, 0.05) is 24.2 Å². The van der Waals surface area contributed by atoms with Gasteiger partial charge in [0.05, 0.1) is 0 Å². The number of hydrogen-bond acceptors (Lipinski definition) is 4. The van der Waals surface area contributed by atoms with Crippen LogP contribution in [-0.4, -0.2) is 42.6 Å². The molecule has 0 amide bonds. The summed E-state index contributed by atoms with van der Waals surface area (Å²) in [6.07, 6.45) is 21.4. The molecule has 7 heteroatoms. The van der Waals surface area contributed by atoms with Gasteiger partial charge in [0.15, 0.2) is 0 Å². The van der Waals surface area contributed by atoms with E-state index in [1.54, 1.807) is 0 Å². The van der Waals surface area contributed by atoms with Crippen LogP contribution < -0.4 is 0 Å². The Kier molecular flexibility index (Phi) is 11.9. The van der Waals surface area contributed by atoms with Gasteiger partial charge in [0.25, 0.3) is 0 Å². The van der Waals surface area contributed by atoms with Crippen LogP contribution in [0.5, 0.6) is 0 Å². The molecule has 0 saturated heterocycles. The largest absolute Gasteiger partial charge is 2.00 e. The summed E-state index contributed by atoms with van der Waals surface area (Å²) in [5.41, 5.74) is 0. The molecule has 0 aromatic carbocycles. The Morgan fingerprint density at radius 3 is 0.793 bits per heavy atom. The van der Waals surface area contributed by atoms with Crippen molar-refractivity contribution in [3.8, 4) is 0 Å². The molecular weight excluding hydrogens is 479 g/mol. The molecule has 4 rings (SSSR count). The molecule has 0 bridgehead atoms. The van der Waals surface area contributed by atoms with Gasteiger partial charge >= 0.3 is 16.5 Å². The fourth-order valence-corrected chi connectivity index (χ4v) is 7.11. The zero-order valence-electron chi connectivity index (χ0n) is 17.5. The van der Waals surface area contributed by atoms with Crippen molar-refractivity contribution in [2.45, 2.75) is 127 Å². The Bertz CT molecular complexity index is 431. The number of thiocarbonyl (C=S) groups is 2. The molecule has 0 radical (unpaired) electrons. The van der Waals surface area contributed by atoms with Crippen molar-refractivity contribution in [2.24, 2.45) is 0 Å². The summed E-state index contributed by atoms with van der Waals surface area (Å²) in [7, 11) is 0. The summed E-state index contributed by atoms with van der Waals surface area (Å²) >= 11 is 20.9. The molecular formula is C22H36N2NiS4. The van der Waals surface area contributed by atoms with E-state index in [0.29, 0.717) is 24.2 Å². The van der Waals surface area contributed by atoms with Crippen LogP contribution in [0.25, 0.3) is 0 Å². The van der Waals surface area contributed by atoms with Crippen LogP contribution in [0.4, 0.5) is 0 Å². The third-order valence-corrected chi connectivity index (χ3v) is 8.14. The van der Waals surface area contributed by atoms with E-state index in [1.807, 2.05) is 0 Å². The van der Waals surface area contributed by atoms with Gasteiger partial charge in [-0.05, 0) is 51.4 Å². The normalized spacial score (nSPS) is 23.4. The fourth-order valence-electron chi connectivity index (χ4n) is 5.92. The average molecular weight is 516 g/mol. The summed E-state index contributed by atoms with van der Waals surface area (Å²) < 4.78 is 1.45. The summed E-state index contributed by atoms with van der Waals surface area (Å²) in [4.78, 5) is 4.79.